The van der Waals surface area contributed by atoms with Crippen LogP contribution in [0.1, 0.15) is 29.6 Å². The van der Waals surface area contributed by atoms with Crippen LogP contribution >= 0.6 is 0 Å². The van der Waals surface area contributed by atoms with Crippen LogP contribution < -0.4 is 9.47 Å². The normalized spacial score (nSPS) is 13.2. The summed E-state index contributed by atoms with van der Waals surface area (Å²) in [5, 5.41) is 8.39. The highest BCUT2D eigenvalue weighted by atomic mass is 16.5. The molecular weight excluding hydrogens is 246 g/mol. The molecule has 100 valence electrons. The fourth-order valence-electron chi connectivity index (χ4n) is 1.69. The van der Waals surface area contributed by atoms with Crippen LogP contribution in [0.3, 0.4) is 0 Å². The summed E-state index contributed by atoms with van der Waals surface area (Å²) in [5.74, 6) is 0.816. The van der Waals surface area contributed by atoms with Gasteiger partial charge in [-0.2, -0.15) is 5.26 Å². The van der Waals surface area contributed by atoms with Crippen LogP contribution in [0.2, 0.25) is 0 Å². The van der Waals surface area contributed by atoms with Gasteiger partial charge >= 0.3 is 5.97 Å². The Labute approximate surface area is 111 Å². The summed E-state index contributed by atoms with van der Waals surface area (Å²) in [6.07, 6.45) is 1.75. The molecule has 5 nitrogen and oxygen atoms in total. The number of benzene rings is 1. The van der Waals surface area contributed by atoms with E-state index in [0.29, 0.717) is 43.1 Å². The number of carbonyl (C=O) groups excluding carboxylic acids is 1. The summed E-state index contributed by atoms with van der Waals surface area (Å²) in [4.78, 5) is 11.8. The first-order valence-electron chi connectivity index (χ1n) is 6.25. The Bertz CT molecular complexity index is 493. The SMILES string of the molecule is N#CCCCOC(=O)c1ccc2c(c1)OCCCO2. The van der Waals surface area contributed by atoms with E-state index in [2.05, 4.69) is 0 Å². The van der Waals surface area contributed by atoms with Crippen molar-refractivity contribution in [2.75, 3.05) is 19.8 Å². The van der Waals surface area contributed by atoms with Crippen LogP contribution in [0.15, 0.2) is 18.2 Å². The van der Waals surface area contributed by atoms with Crippen molar-refractivity contribution in [1.29, 1.82) is 5.26 Å². The predicted molar refractivity (Wildman–Crippen MR) is 67.2 cm³/mol. The maximum Gasteiger partial charge on any atom is 0.338 e. The molecule has 0 N–H and O–H groups in total. The molecule has 1 heterocycles. The predicted octanol–water partition coefficient (Wildman–Crippen LogP) is 2.31. The average molecular weight is 261 g/mol. The van der Waals surface area contributed by atoms with Crippen LogP contribution in [-0.4, -0.2) is 25.8 Å². The lowest BCUT2D eigenvalue weighted by atomic mass is 10.2. The number of esters is 1. The fourth-order valence-corrected chi connectivity index (χ4v) is 1.69. The number of nitriles is 1. The molecule has 0 saturated heterocycles. The Morgan fingerprint density at radius 1 is 1.32 bits per heavy atom. The lowest BCUT2D eigenvalue weighted by molar-refractivity contribution is 0.0501. The lowest BCUT2D eigenvalue weighted by Crippen LogP contribution is -2.06. The Balaban J connectivity index is 1.99. The third kappa shape index (κ3) is 3.62. The molecule has 0 saturated carbocycles. The number of nitrogens with zero attached hydrogens (tertiary/aromatic N) is 1. The lowest BCUT2D eigenvalue weighted by Gasteiger charge is -2.09. The highest BCUT2D eigenvalue weighted by Crippen LogP contribution is 2.30. The van der Waals surface area contributed by atoms with E-state index in [4.69, 9.17) is 19.5 Å². The van der Waals surface area contributed by atoms with Crippen molar-refractivity contribution in [3.63, 3.8) is 0 Å². The van der Waals surface area contributed by atoms with Gasteiger partial charge in [0.05, 0.1) is 31.5 Å². The Kier molecular flexibility index (Phi) is 4.62. The minimum atomic E-state index is -0.409. The molecule has 0 unspecified atom stereocenters. The molecule has 1 aliphatic heterocycles. The van der Waals surface area contributed by atoms with Gasteiger partial charge in [0.25, 0.3) is 0 Å². The molecule has 5 heteroatoms. The highest BCUT2D eigenvalue weighted by molar-refractivity contribution is 5.90. The first-order chi connectivity index (χ1) is 9.31. The molecule has 0 spiro atoms. The van der Waals surface area contributed by atoms with Gasteiger partial charge in [-0.05, 0) is 24.6 Å². The average Bonchev–Trinajstić information content (AvgIpc) is 2.67. The first kappa shape index (κ1) is 13.2. The van der Waals surface area contributed by atoms with Gasteiger partial charge in [0, 0.05) is 12.8 Å². The minimum Gasteiger partial charge on any atom is -0.490 e. The zero-order valence-corrected chi connectivity index (χ0v) is 10.6. The maximum atomic E-state index is 11.8. The molecule has 0 aliphatic carbocycles. The molecule has 0 aromatic heterocycles. The molecule has 2 rings (SSSR count). The summed E-state index contributed by atoms with van der Waals surface area (Å²) in [5.41, 5.74) is 0.432. The number of ether oxygens (including phenoxy) is 3. The molecule has 0 amide bonds. The second-order valence-electron chi connectivity index (χ2n) is 4.11. The monoisotopic (exact) mass is 261 g/mol. The first-order valence-corrected chi connectivity index (χ1v) is 6.25. The van der Waals surface area contributed by atoms with Crippen molar-refractivity contribution >= 4 is 5.97 Å². The van der Waals surface area contributed by atoms with E-state index in [1.165, 1.54) is 0 Å². The number of unbranched alkanes of at least 4 members (excludes halogenated alkanes) is 1. The zero-order chi connectivity index (χ0) is 13.5. The number of hydrogen-bond acceptors (Lipinski definition) is 5. The fraction of sp³-hybridized carbons (Fsp3) is 0.429. The van der Waals surface area contributed by atoms with Crippen LogP contribution in [0, 0.1) is 11.3 Å². The Morgan fingerprint density at radius 2 is 2.11 bits per heavy atom. The van der Waals surface area contributed by atoms with Gasteiger partial charge in [0.1, 0.15) is 0 Å². The van der Waals surface area contributed by atoms with Crippen molar-refractivity contribution in [3.8, 4) is 17.6 Å². The smallest absolute Gasteiger partial charge is 0.338 e. The van der Waals surface area contributed by atoms with Gasteiger partial charge < -0.3 is 14.2 Å². The zero-order valence-electron chi connectivity index (χ0n) is 10.6. The number of hydrogen-bond donors (Lipinski definition) is 0. The van der Waals surface area contributed by atoms with E-state index < -0.39 is 5.97 Å². The van der Waals surface area contributed by atoms with Crippen molar-refractivity contribution < 1.29 is 19.0 Å². The molecule has 1 aromatic rings. The summed E-state index contributed by atoms with van der Waals surface area (Å²) >= 11 is 0. The third-order valence-electron chi connectivity index (χ3n) is 2.65. The minimum absolute atomic E-state index is 0.251. The third-order valence-corrected chi connectivity index (χ3v) is 2.65. The largest absolute Gasteiger partial charge is 0.490 e. The van der Waals surface area contributed by atoms with Crippen molar-refractivity contribution in [2.45, 2.75) is 19.3 Å². The van der Waals surface area contributed by atoms with E-state index in [1.54, 1.807) is 18.2 Å². The topological polar surface area (TPSA) is 68.5 Å². The number of fused-ring (bicyclic) bond motifs is 1. The summed E-state index contributed by atoms with van der Waals surface area (Å²) in [6.45, 7) is 1.44. The van der Waals surface area contributed by atoms with Crippen LogP contribution in [-0.2, 0) is 4.74 Å². The molecule has 0 atom stereocenters. The van der Waals surface area contributed by atoms with Gasteiger partial charge in [0.2, 0.25) is 0 Å². The van der Waals surface area contributed by atoms with Crippen molar-refractivity contribution in [2.24, 2.45) is 0 Å². The van der Waals surface area contributed by atoms with Crippen molar-refractivity contribution in [3.05, 3.63) is 23.8 Å². The number of rotatable bonds is 4. The van der Waals surface area contributed by atoms with Gasteiger partial charge in [-0.1, -0.05) is 0 Å². The second-order valence-corrected chi connectivity index (χ2v) is 4.11. The molecule has 19 heavy (non-hydrogen) atoms. The molecule has 0 radical (unpaired) electrons. The Hall–Kier alpha value is -2.22. The highest BCUT2D eigenvalue weighted by Gasteiger charge is 2.14. The molecule has 1 aliphatic rings. The number of carbonyl (C=O) groups is 1. The van der Waals surface area contributed by atoms with Gasteiger partial charge in [-0.15, -0.1) is 0 Å². The molecular formula is C14H15NO4. The quantitative estimate of drug-likeness (QED) is 0.614. The van der Waals surface area contributed by atoms with Gasteiger partial charge in [-0.25, -0.2) is 4.79 Å². The van der Waals surface area contributed by atoms with Gasteiger partial charge in [-0.3, -0.25) is 0 Å². The standard InChI is InChI=1S/C14H15NO4/c15-6-1-2-7-19-14(16)11-4-5-12-13(10-11)18-9-3-8-17-12/h4-5,10H,1-3,7-9H2. The van der Waals surface area contributed by atoms with E-state index in [0.717, 1.165) is 6.42 Å². The summed E-state index contributed by atoms with van der Waals surface area (Å²) in [6, 6.07) is 7.00. The summed E-state index contributed by atoms with van der Waals surface area (Å²) < 4.78 is 16.1. The summed E-state index contributed by atoms with van der Waals surface area (Å²) in [7, 11) is 0. The molecule has 0 bridgehead atoms. The van der Waals surface area contributed by atoms with Crippen LogP contribution in [0.5, 0.6) is 11.5 Å². The molecule has 0 fully saturated rings. The Morgan fingerprint density at radius 3 is 2.89 bits per heavy atom. The van der Waals surface area contributed by atoms with Crippen molar-refractivity contribution in [1.82, 2.24) is 0 Å². The van der Waals surface area contributed by atoms with Crippen LogP contribution in [0.25, 0.3) is 0 Å². The van der Waals surface area contributed by atoms with E-state index in [-0.39, 0.29) is 6.61 Å². The van der Waals surface area contributed by atoms with Crippen LogP contribution in [0.4, 0.5) is 0 Å². The van der Waals surface area contributed by atoms with E-state index in [1.807, 2.05) is 6.07 Å². The van der Waals surface area contributed by atoms with E-state index in [9.17, 15) is 4.79 Å². The second kappa shape index (κ2) is 6.64. The van der Waals surface area contributed by atoms with E-state index >= 15 is 0 Å². The van der Waals surface area contributed by atoms with Gasteiger partial charge in [0.15, 0.2) is 11.5 Å². The molecule has 1 aromatic carbocycles. The maximum absolute atomic E-state index is 11.8.